The molecule has 0 aromatic rings. The van der Waals surface area contributed by atoms with Crippen molar-refractivity contribution in [2.75, 3.05) is 13.6 Å². The van der Waals surface area contributed by atoms with Gasteiger partial charge in [-0.25, -0.2) is 0 Å². The van der Waals surface area contributed by atoms with Gasteiger partial charge in [0.15, 0.2) is 0 Å². The molecule has 0 aromatic carbocycles. The summed E-state index contributed by atoms with van der Waals surface area (Å²) < 4.78 is 0. The molecule has 0 spiro atoms. The van der Waals surface area contributed by atoms with E-state index in [-0.39, 0.29) is 11.9 Å². The lowest BCUT2D eigenvalue weighted by molar-refractivity contribution is 0.304. The van der Waals surface area contributed by atoms with Gasteiger partial charge in [0.25, 0.3) is 0 Å². The number of likely N-dealkylation sites (N-methyl/N-ethyl adjacent to an activating group) is 1. The minimum Gasteiger partial charge on any atom is -0.386 e. The average Bonchev–Trinajstić information content (AvgIpc) is 1.88. The fourth-order valence-electron chi connectivity index (χ4n) is 0.989. The molecule has 0 aliphatic heterocycles. The first-order chi connectivity index (χ1) is 4.63. The van der Waals surface area contributed by atoms with Crippen LogP contribution in [0.2, 0.25) is 0 Å². The highest BCUT2D eigenvalue weighted by molar-refractivity contribution is 5.82. The quantitative estimate of drug-likeness (QED) is 0.448. The predicted octanol–water partition coefficient (Wildman–Crippen LogP) is 0.653. The minimum absolute atomic E-state index is 0.130. The van der Waals surface area contributed by atoms with Gasteiger partial charge in [0.2, 0.25) is 0 Å². The van der Waals surface area contributed by atoms with E-state index in [4.69, 9.17) is 11.1 Å². The van der Waals surface area contributed by atoms with E-state index in [0.29, 0.717) is 0 Å². The van der Waals surface area contributed by atoms with Crippen molar-refractivity contribution in [1.82, 2.24) is 4.90 Å². The Morgan fingerprint density at radius 2 is 2.10 bits per heavy atom. The summed E-state index contributed by atoms with van der Waals surface area (Å²) in [5.74, 6) is 0.270. The van der Waals surface area contributed by atoms with Crippen molar-refractivity contribution in [2.45, 2.75) is 26.3 Å². The Labute approximate surface area is 62.7 Å². The molecule has 0 fully saturated rings. The Balaban J connectivity index is 3.92. The summed E-state index contributed by atoms with van der Waals surface area (Å²) in [4.78, 5) is 2.07. The molecule has 3 N–H and O–H groups in total. The highest BCUT2D eigenvalue weighted by Gasteiger charge is 2.12. The SMILES string of the molecule is CCC(C(=N)N)N(C)CC. The number of nitrogens with two attached hydrogens (primary N) is 1. The van der Waals surface area contributed by atoms with Crippen molar-refractivity contribution in [3.8, 4) is 0 Å². The molecular weight excluding hydrogens is 126 g/mol. The third-order valence-electron chi connectivity index (χ3n) is 1.78. The molecule has 0 saturated heterocycles. The number of amidine groups is 1. The van der Waals surface area contributed by atoms with Crippen molar-refractivity contribution in [1.29, 1.82) is 5.41 Å². The van der Waals surface area contributed by atoms with Crippen LogP contribution in [0.25, 0.3) is 0 Å². The van der Waals surface area contributed by atoms with Gasteiger partial charge in [-0.15, -0.1) is 0 Å². The third kappa shape index (κ3) is 2.35. The molecule has 1 unspecified atom stereocenters. The largest absolute Gasteiger partial charge is 0.386 e. The molecule has 0 amide bonds. The Morgan fingerprint density at radius 3 is 2.20 bits per heavy atom. The molecular formula is C7H17N3. The van der Waals surface area contributed by atoms with Gasteiger partial charge in [-0.1, -0.05) is 13.8 Å². The summed E-state index contributed by atoms with van der Waals surface area (Å²) in [5.41, 5.74) is 5.37. The van der Waals surface area contributed by atoms with Crippen LogP contribution in [0.1, 0.15) is 20.3 Å². The van der Waals surface area contributed by atoms with Crippen molar-refractivity contribution in [3.05, 3.63) is 0 Å². The van der Waals surface area contributed by atoms with E-state index >= 15 is 0 Å². The molecule has 0 heterocycles. The summed E-state index contributed by atoms with van der Waals surface area (Å²) in [7, 11) is 1.98. The molecule has 0 rings (SSSR count). The lowest BCUT2D eigenvalue weighted by Crippen LogP contribution is -2.41. The van der Waals surface area contributed by atoms with E-state index in [2.05, 4.69) is 11.8 Å². The topological polar surface area (TPSA) is 53.1 Å². The van der Waals surface area contributed by atoms with Crippen LogP contribution in [0.3, 0.4) is 0 Å². The van der Waals surface area contributed by atoms with E-state index in [1.165, 1.54) is 0 Å². The molecule has 0 bridgehead atoms. The molecule has 0 aliphatic carbocycles. The molecule has 0 saturated carbocycles. The van der Waals surface area contributed by atoms with Crippen LogP contribution in [0.15, 0.2) is 0 Å². The third-order valence-corrected chi connectivity index (χ3v) is 1.78. The Bertz CT molecular complexity index is 111. The number of hydrogen-bond donors (Lipinski definition) is 2. The van der Waals surface area contributed by atoms with Gasteiger partial charge in [0.05, 0.1) is 6.04 Å². The van der Waals surface area contributed by atoms with Gasteiger partial charge < -0.3 is 5.73 Å². The van der Waals surface area contributed by atoms with Crippen LogP contribution >= 0.6 is 0 Å². The molecule has 0 radical (unpaired) electrons. The fourth-order valence-corrected chi connectivity index (χ4v) is 0.989. The maximum absolute atomic E-state index is 7.22. The van der Waals surface area contributed by atoms with E-state index in [0.717, 1.165) is 13.0 Å². The fraction of sp³-hybridized carbons (Fsp3) is 0.857. The van der Waals surface area contributed by atoms with Crippen LogP contribution in [-0.2, 0) is 0 Å². The standard InChI is InChI=1S/C7H17N3/c1-4-6(7(8)9)10(3)5-2/h6H,4-5H2,1-3H3,(H3,8,9). The van der Waals surface area contributed by atoms with Gasteiger partial charge in [0, 0.05) is 0 Å². The Hall–Kier alpha value is -0.570. The van der Waals surface area contributed by atoms with Gasteiger partial charge >= 0.3 is 0 Å². The summed E-state index contributed by atoms with van der Waals surface area (Å²) in [6.07, 6.45) is 0.916. The first-order valence-corrected chi connectivity index (χ1v) is 3.67. The van der Waals surface area contributed by atoms with E-state index in [1.807, 2.05) is 14.0 Å². The highest BCUT2D eigenvalue weighted by atomic mass is 15.1. The minimum atomic E-state index is 0.130. The van der Waals surface area contributed by atoms with Crippen LogP contribution in [0.5, 0.6) is 0 Å². The zero-order valence-corrected chi connectivity index (χ0v) is 7.02. The van der Waals surface area contributed by atoms with E-state index < -0.39 is 0 Å². The summed E-state index contributed by atoms with van der Waals surface area (Å²) in [6, 6.07) is 0.130. The van der Waals surface area contributed by atoms with Crippen LogP contribution in [-0.4, -0.2) is 30.4 Å². The second-order valence-corrected chi connectivity index (χ2v) is 2.45. The number of nitrogens with zero attached hydrogens (tertiary/aromatic N) is 1. The smallest absolute Gasteiger partial charge is 0.108 e. The molecule has 3 heteroatoms. The molecule has 60 valence electrons. The van der Waals surface area contributed by atoms with Crippen LogP contribution < -0.4 is 5.73 Å². The summed E-state index contributed by atoms with van der Waals surface area (Å²) in [5, 5.41) is 7.22. The van der Waals surface area contributed by atoms with Crippen LogP contribution in [0, 0.1) is 5.41 Å². The second kappa shape index (κ2) is 4.28. The van der Waals surface area contributed by atoms with E-state index in [1.54, 1.807) is 0 Å². The van der Waals surface area contributed by atoms with Crippen molar-refractivity contribution in [2.24, 2.45) is 5.73 Å². The van der Waals surface area contributed by atoms with Crippen molar-refractivity contribution >= 4 is 5.84 Å². The average molecular weight is 143 g/mol. The lowest BCUT2D eigenvalue weighted by atomic mass is 10.2. The first kappa shape index (κ1) is 9.43. The first-order valence-electron chi connectivity index (χ1n) is 3.67. The Kier molecular flexibility index (Phi) is 4.03. The van der Waals surface area contributed by atoms with Gasteiger partial charge in [0.1, 0.15) is 5.84 Å². The lowest BCUT2D eigenvalue weighted by Gasteiger charge is -2.23. The summed E-state index contributed by atoms with van der Waals surface area (Å²) in [6.45, 7) is 5.04. The molecule has 0 aromatic heterocycles. The van der Waals surface area contributed by atoms with Crippen molar-refractivity contribution in [3.63, 3.8) is 0 Å². The molecule has 1 atom stereocenters. The normalized spacial score (nSPS) is 13.6. The maximum Gasteiger partial charge on any atom is 0.108 e. The maximum atomic E-state index is 7.22. The summed E-state index contributed by atoms with van der Waals surface area (Å²) >= 11 is 0. The monoisotopic (exact) mass is 143 g/mol. The van der Waals surface area contributed by atoms with Gasteiger partial charge in [-0.2, -0.15) is 0 Å². The number of rotatable bonds is 4. The highest BCUT2D eigenvalue weighted by Crippen LogP contribution is 1.99. The van der Waals surface area contributed by atoms with E-state index in [9.17, 15) is 0 Å². The Morgan fingerprint density at radius 1 is 1.60 bits per heavy atom. The zero-order valence-electron chi connectivity index (χ0n) is 7.02. The zero-order chi connectivity index (χ0) is 8.15. The molecule has 10 heavy (non-hydrogen) atoms. The number of hydrogen-bond acceptors (Lipinski definition) is 2. The van der Waals surface area contributed by atoms with Gasteiger partial charge in [-0.3, -0.25) is 10.3 Å². The van der Waals surface area contributed by atoms with Gasteiger partial charge in [-0.05, 0) is 20.0 Å². The molecule has 3 nitrogen and oxygen atoms in total. The predicted molar refractivity (Wildman–Crippen MR) is 44.3 cm³/mol. The second-order valence-electron chi connectivity index (χ2n) is 2.45. The molecule has 0 aliphatic rings. The van der Waals surface area contributed by atoms with Crippen LogP contribution in [0.4, 0.5) is 0 Å². The number of nitrogens with one attached hydrogen (secondary N) is 1. The van der Waals surface area contributed by atoms with Crippen molar-refractivity contribution < 1.29 is 0 Å².